The lowest BCUT2D eigenvalue weighted by Crippen LogP contribution is -2.39. The van der Waals surface area contributed by atoms with Gasteiger partial charge in [0, 0.05) is 51.9 Å². The van der Waals surface area contributed by atoms with Gasteiger partial charge < -0.3 is 49.8 Å². The van der Waals surface area contributed by atoms with Gasteiger partial charge in [-0.3, -0.25) is 33.6 Å². The zero-order chi connectivity index (χ0) is 43.1. The third-order valence-corrected chi connectivity index (χ3v) is 9.18. The minimum Gasteiger partial charge on any atom is -0.481 e. The summed E-state index contributed by atoms with van der Waals surface area (Å²) >= 11 is 0. The fraction of sp³-hybridized carbons (Fsp3) is 0.829. The molecule has 3 amide bonds. The fourth-order valence-electron chi connectivity index (χ4n) is 5.73. The van der Waals surface area contributed by atoms with E-state index in [1.807, 2.05) is 0 Å². The summed E-state index contributed by atoms with van der Waals surface area (Å²) in [6.07, 6.45) is 15.5. The molecule has 0 aromatic heterocycles. The van der Waals surface area contributed by atoms with Crippen LogP contribution < -0.4 is 10.6 Å². The molecule has 1 atom stereocenters. The van der Waals surface area contributed by atoms with Gasteiger partial charge in [-0.15, -0.1) is 0 Å². The van der Waals surface area contributed by atoms with Gasteiger partial charge in [0.2, 0.25) is 17.7 Å². The summed E-state index contributed by atoms with van der Waals surface area (Å²) in [7, 11) is 0. The Morgan fingerprint density at radius 3 is 1.62 bits per heavy atom. The SMILES string of the molecule is C[C@@H](CCCCNC(=O)COCCOCCCC(=O)COCCOCCNC(=O)CCN(CC(=O)O)C(=O)CCCCCCCCCCCCCCC(=O)O)C(=O)O. The molecule has 17 heteroatoms. The van der Waals surface area contributed by atoms with Gasteiger partial charge in [-0.2, -0.15) is 0 Å². The van der Waals surface area contributed by atoms with E-state index in [2.05, 4.69) is 10.6 Å². The Morgan fingerprint density at radius 2 is 1.03 bits per heavy atom. The predicted octanol–water partition coefficient (Wildman–Crippen LogP) is 4.37. The predicted molar refractivity (Wildman–Crippen MR) is 215 cm³/mol. The van der Waals surface area contributed by atoms with Crippen LogP contribution in [0.25, 0.3) is 0 Å². The minimum absolute atomic E-state index is 0.0151. The van der Waals surface area contributed by atoms with Crippen LogP contribution in [0.15, 0.2) is 0 Å². The molecule has 0 aliphatic carbocycles. The second kappa shape index (κ2) is 38.8. The van der Waals surface area contributed by atoms with Crippen molar-refractivity contribution in [3.8, 4) is 0 Å². The Kier molecular flexibility index (Phi) is 36.4. The quantitative estimate of drug-likeness (QED) is 0.0536. The summed E-state index contributed by atoms with van der Waals surface area (Å²) < 4.78 is 21.4. The smallest absolute Gasteiger partial charge is 0.323 e. The van der Waals surface area contributed by atoms with Crippen LogP contribution in [0.4, 0.5) is 0 Å². The summed E-state index contributed by atoms with van der Waals surface area (Å²) in [6, 6.07) is 0. The third kappa shape index (κ3) is 37.9. The third-order valence-electron chi connectivity index (χ3n) is 9.18. The highest BCUT2D eigenvalue weighted by Gasteiger charge is 2.18. The van der Waals surface area contributed by atoms with Crippen molar-refractivity contribution >= 4 is 41.4 Å². The van der Waals surface area contributed by atoms with Gasteiger partial charge in [-0.25, -0.2) is 0 Å². The van der Waals surface area contributed by atoms with Gasteiger partial charge in [0.25, 0.3) is 0 Å². The van der Waals surface area contributed by atoms with Crippen LogP contribution in [-0.4, -0.2) is 141 Å². The molecule has 0 aromatic rings. The van der Waals surface area contributed by atoms with Crippen molar-refractivity contribution in [1.82, 2.24) is 15.5 Å². The van der Waals surface area contributed by atoms with E-state index in [1.165, 1.54) is 24.2 Å². The zero-order valence-electron chi connectivity index (χ0n) is 35.0. The van der Waals surface area contributed by atoms with Crippen molar-refractivity contribution in [2.75, 3.05) is 79.0 Å². The van der Waals surface area contributed by atoms with Gasteiger partial charge in [0.1, 0.15) is 19.8 Å². The van der Waals surface area contributed by atoms with Gasteiger partial charge in [0.15, 0.2) is 5.78 Å². The lowest BCUT2D eigenvalue weighted by molar-refractivity contribution is -0.145. The molecule has 0 saturated heterocycles. The van der Waals surface area contributed by atoms with Crippen LogP contribution >= 0.6 is 0 Å². The molecule has 58 heavy (non-hydrogen) atoms. The van der Waals surface area contributed by atoms with Crippen molar-refractivity contribution in [2.45, 2.75) is 135 Å². The molecule has 0 bridgehead atoms. The number of carbonyl (C=O) groups is 7. The Morgan fingerprint density at radius 1 is 0.500 bits per heavy atom. The molecule has 0 spiro atoms. The first-order valence-electron chi connectivity index (χ1n) is 21.2. The van der Waals surface area contributed by atoms with Crippen LogP contribution in [0.2, 0.25) is 0 Å². The maximum atomic E-state index is 12.7. The second-order valence-electron chi connectivity index (χ2n) is 14.5. The van der Waals surface area contributed by atoms with Gasteiger partial charge in [0.05, 0.1) is 39.0 Å². The van der Waals surface area contributed by atoms with Gasteiger partial charge in [-0.1, -0.05) is 77.6 Å². The molecule has 0 radical (unpaired) electrons. The number of hydrogen-bond donors (Lipinski definition) is 5. The Balaban J connectivity index is 3.73. The first-order chi connectivity index (χ1) is 27.9. The van der Waals surface area contributed by atoms with Crippen molar-refractivity contribution < 1.29 is 67.8 Å². The maximum absolute atomic E-state index is 12.7. The van der Waals surface area contributed by atoms with E-state index in [-0.39, 0.29) is 102 Å². The number of amides is 3. The number of aliphatic carboxylic acids is 3. The Labute approximate surface area is 344 Å². The van der Waals surface area contributed by atoms with E-state index in [4.69, 9.17) is 29.2 Å². The maximum Gasteiger partial charge on any atom is 0.323 e. The molecule has 0 rings (SSSR count). The normalized spacial score (nSPS) is 11.5. The highest BCUT2D eigenvalue weighted by molar-refractivity contribution is 5.82. The van der Waals surface area contributed by atoms with Crippen LogP contribution in [0, 0.1) is 5.92 Å². The average Bonchev–Trinajstić information content (AvgIpc) is 3.17. The lowest BCUT2D eigenvalue weighted by Gasteiger charge is -2.20. The largest absolute Gasteiger partial charge is 0.481 e. The van der Waals surface area contributed by atoms with Crippen molar-refractivity contribution in [1.29, 1.82) is 0 Å². The Hall–Kier alpha value is -3.67. The summed E-state index contributed by atoms with van der Waals surface area (Å²) in [6.45, 7) is 3.33. The summed E-state index contributed by atoms with van der Waals surface area (Å²) in [5.41, 5.74) is 0. The number of nitrogens with zero attached hydrogens (tertiary/aromatic N) is 1. The molecular weight excluding hydrogens is 758 g/mol. The number of carboxylic acid groups (broad SMARTS) is 3. The van der Waals surface area contributed by atoms with Crippen molar-refractivity contribution in [3.63, 3.8) is 0 Å². The standard InChI is InChI=1S/C41H73N3O14/c1-34(41(53)54)17-14-15-22-42-37(47)33-58-30-27-55-25-16-18-35(45)32-57-29-28-56-26-23-43-36(46)21-24-44(31-40(51)52)38(48)19-12-10-8-6-4-2-3-5-7-9-11-13-20-39(49)50/h34H,2-33H2,1H3,(H,42,47)(H,43,46)(H,49,50)(H,51,52)(H,53,54)/t34-/m0/s1. The van der Waals surface area contributed by atoms with Gasteiger partial charge >= 0.3 is 17.9 Å². The highest BCUT2D eigenvalue weighted by atomic mass is 16.5. The summed E-state index contributed by atoms with van der Waals surface area (Å²) in [5, 5.41) is 32.2. The molecule has 0 aliphatic rings. The van der Waals surface area contributed by atoms with E-state index in [0.29, 0.717) is 45.3 Å². The monoisotopic (exact) mass is 832 g/mol. The number of Topliss-reactive ketones (excluding diaryl/α,β-unsaturated/α-hetero) is 1. The molecule has 0 aliphatic heterocycles. The zero-order valence-corrected chi connectivity index (χ0v) is 35.0. The first kappa shape index (κ1) is 54.3. The average molecular weight is 832 g/mol. The number of unbranched alkanes of at least 4 members (excludes halogenated alkanes) is 12. The lowest BCUT2D eigenvalue weighted by atomic mass is 10.0. The van der Waals surface area contributed by atoms with Gasteiger partial charge in [-0.05, 0) is 32.1 Å². The highest BCUT2D eigenvalue weighted by Crippen LogP contribution is 2.14. The van der Waals surface area contributed by atoms with Crippen molar-refractivity contribution in [2.24, 2.45) is 5.92 Å². The number of ether oxygens (including phenoxy) is 4. The van der Waals surface area contributed by atoms with E-state index in [9.17, 15) is 38.7 Å². The van der Waals surface area contributed by atoms with Crippen LogP contribution in [0.3, 0.4) is 0 Å². The number of carbonyl (C=O) groups excluding carboxylic acids is 4. The van der Waals surface area contributed by atoms with E-state index >= 15 is 0 Å². The number of rotatable bonds is 43. The number of nitrogens with one attached hydrogen (secondary N) is 2. The topological polar surface area (TPSA) is 244 Å². The molecular formula is C41H73N3O14. The van der Waals surface area contributed by atoms with E-state index in [1.54, 1.807) is 6.92 Å². The Bertz CT molecular complexity index is 1140. The molecule has 17 nitrogen and oxygen atoms in total. The van der Waals surface area contributed by atoms with E-state index < -0.39 is 30.4 Å². The summed E-state index contributed by atoms with van der Waals surface area (Å²) in [5.74, 6) is -3.98. The van der Waals surface area contributed by atoms with E-state index in [0.717, 1.165) is 57.8 Å². The minimum atomic E-state index is -1.13. The summed E-state index contributed by atoms with van der Waals surface area (Å²) in [4.78, 5) is 82.5. The fourth-order valence-corrected chi connectivity index (χ4v) is 5.73. The van der Waals surface area contributed by atoms with Crippen LogP contribution in [0.1, 0.15) is 135 Å². The number of hydrogen-bond acceptors (Lipinski definition) is 11. The van der Waals surface area contributed by atoms with Crippen LogP contribution in [0.5, 0.6) is 0 Å². The second-order valence-corrected chi connectivity index (χ2v) is 14.5. The van der Waals surface area contributed by atoms with Crippen LogP contribution in [-0.2, 0) is 52.5 Å². The van der Waals surface area contributed by atoms with Crippen molar-refractivity contribution in [3.05, 3.63) is 0 Å². The first-order valence-corrected chi connectivity index (χ1v) is 21.2. The molecule has 0 heterocycles. The molecule has 0 aromatic carbocycles. The molecule has 0 unspecified atom stereocenters. The molecule has 0 saturated carbocycles. The molecule has 0 fully saturated rings. The molecule has 336 valence electrons. The molecule has 5 N–H and O–H groups in total. The number of ketones is 1. The number of carboxylic acids is 3.